The summed E-state index contributed by atoms with van der Waals surface area (Å²) >= 11 is 11.9. The molecule has 0 aliphatic heterocycles. The van der Waals surface area contributed by atoms with Crippen LogP contribution in [-0.2, 0) is 10.8 Å². The maximum Gasteiger partial charge on any atom is 0.0604 e. The van der Waals surface area contributed by atoms with E-state index < -0.39 is 10.8 Å². The zero-order chi connectivity index (χ0) is 15.2. The molecule has 0 saturated heterocycles. The second-order valence-electron chi connectivity index (χ2n) is 5.65. The van der Waals surface area contributed by atoms with Gasteiger partial charge in [-0.25, -0.2) is 0 Å². The van der Waals surface area contributed by atoms with E-state index in [1.807, 2.05) is 6.07 Å². The number of halogens is 2. The molecule has 2 rings (SSSR count). The summed E-state index contributed by atoms with van der Waals surface area (Å²) in [6.45, 7) is 3.03. The smallest absolute Gasteiger partial charge is 0.0604 e. The van der Waals surface area contributed by atoms with Crippen molar-refractivity contribution in [1.29, 1.82) is 0 Å². The van der Waals surface area contributed by atoms with Gasteiger partial charge in [-0.15, -0.1) is 0 Å². The monoisotopic (exact) mass is 347 g/mol. The van der Waals surface area contributed by atoms with Crippen molar-refractivity contribution in [2.24, 2.45) is 5.92 Å². The maximum atomic E-state index is 12.6. The van der Waals surface area contributed by atoms with Crippen molar-refractivity contribution >= 4 is 34.0 Å². The van der Waals surface area contributed by atoms with Gasteiger partial charge in [-0.1, -0.05) is 49.4 Å². The van der Waals surface area contributed by atoms with Gasteiger partial charge in [-0.2, -0.15) is 0 Å². The first-order valence-corrected chi connectivity index (χ1v) is 9.76. The third-order valence-electron chi connectivity index (χ3n) is 4.17. The molecule has 0 amide bonds. The lowest BCUT2D eigenvalue weighted by Crippen LogP contribution is -2.41. The zero-order valence-corrected chi connectivity index (χ0v) is 14.7. The van der Waals surface area contributed by atoms with Crippen LogP contribution in [0, 0.1) is 5.92 Å². The molecule has 0 spiro atoms. The standard InChI is InChI=1S/C16H23Cl2NOS/c1-2-19-16(12-6-4-3-5-7-12)11-21(20)13-8-9-14(17)15(18)10-13/h8-10,12,16,19H,2-7,11H2,1H3. The van der Waals surface area contributed by atoms with Crippen LogP contribution in [0.1, 0.15) is 39.0 Å². The van der Waals surface area contributed by atoms with Crippen LogP contribution in [0.2, 0.25) is 10.0 Å². The topological polar surface area (TPSA) is 29.1 Å². The molecule has 0 bridgehead atoms. The number of hydrogen-bond acceptors (Lipinski definition) is 2. The van der Waals surface area contributed by atoms with E-state index in [9.17, 15) is 4.21 Å². The van der Waals surface area contributed by atoms with Gasteiger partial charge >= 0.3 is 0 Å². The molecule has 0 aromatic heterocycles. The Labute approximate surface area is 140 Å². The van der Waals surface area contributed by atoms with E-state index in [0.29, 0.717) is 27.8 Å². The molecule has 5 heteroatoms. The Kier molecular flexibility index (Phi) is 7.00. The SMILES string of the molecule is CCNC(CS(=O)c1ccc(Cl)c(Cl)c1)C1CCCCC1. The molecule has 1 aromatic rings. The van der Waals surface area contributed by atoms with Gasteiger partial charge in [0.1, 0.15) is 0 Å². The predicted octanol–water partition coefficient (Wildman–Crippen LogP) is 4.66. The molecule has 0 heterocycles. The van der Waals surface area contributed by atoms with E-state index in [0.717, 1.165) is 11.4 Å². The fourth-order valence-electron chi connectivity index (χ4n) is 3.04. The van der Waals surface area contributed by atoms with Gasteiger partial charge in [0.2, 0.25) is 0 Å². The highest BCUT2D eigenvalue weighted by atomic mass is 35.5. The van der Waals surface area contributed by atoms with E-state index >= 15 is 0 Å². The molecule has 1 N–H and O–H groups in total. The van der Waals surface area contributed by atoms with Gasteiger partial charge in [0.15, 0.2) is 0 Å². The number of benzene rings is 1. The fraction of sp³-hybridized carbons (Fsp3) is 0.625. The van der Waals surface area contributed by atoms with Crippen molar-refractivity contribution in [1.82, 2.24) is 5.32 Å². The van der Waals surface area contributed by atoms with Crippen LogP contribution in [0.4, 0.5) is 0 Å². The molecular formula is C16H23Cl2NOS. The van der Waals surface area contributed by atoms with Gasteiger partial charge in [0.25, 0.3) is 0 Å². The first-order chi connectivity index (χ1) is 10.1. The highest BCUT2D eigenvalue weighted by molar-refractivity contribution is 7.85. The molecule has 2 nitrogen and oxygen atoms in total. The highest BCUT2D eigenvalue weighted by Gasteiger charge is 2.25. The van der Waals surface area contributed by atoms with Crippen LogP contribution in [0.3, 0.4) is 0 Å². The average Bonchev–Trinajstić information content (AvgIpc) is 2.50. The average molecular weight is 348 g/mol. The first kappa shape index (κ1) is 17.3. The third-order valence-corrected chi connectivity index (χ3v) is 6.35. The second kappa shape index (κ2) is 8.52. The Balaban J connectivity index is 2.04. The summed E-state index contributed by atoms with van der Waals surface area (Å²) in [5.74, 6) is 1.29. The molecule has 0 radical (unpaired) electrons. The Morgan fingerprint density at radius 3 is 2.57 bits per heavy atom. The zero-order valence-electron chi connectivity index (χ0n) is 12.4. The minimum Gasteiger partial charge on any atom is -0.313 e. The largest absolute Gasteiger partial charge is 0.313 e. The van der Waals surface area contributed by atoms with Crippen LogP contribution in [0.5, 0.6) is 0 Å². The Morgan fingerprint density at radius 2 is 1.95 bits per heavy atom. The van der Waals surface area contributed by atoms with E-state index in [1.165, 1.54) is 32.1 Å². The second-order valence-corrected chi connectivity index (χ2v) is 7.96. The van der Waals surface area contributed by atoms with Gasteiger partial charge in [0, 0.05) is 16.7 Å². The van der Waals surface area contributed by atoms with Crippen molar-refractivity contribution < 1.29 is 4.21 Å². The molecular weight excluding hydrogens is 325 g/mol. The molecule has 1 fully saturated rings. The minimum absolute atomic E-state index is 0.325. The minimum atomic E-state index is -1.04. The number of hydrogen-bond donors (Lipinski definition) is 1. The normalized spacial score (nSPS) is 19.4. The summed E-state index contributed by atoms with van der Waals surface area (Å²) in [4.78, 5) is 0.767. The van der Waals surface area contributed by atoms with Crippen LogP contribution in [0.15, 0.2) is 23.1 Å². The Morgan fingerprint density at radius 1 is 1.24 bits per heavy atom. The van der Waals surface area contributed by atoms with E-state index in [-0.39, 0.29) is 0 Å². The Hall–Kier alpha value is -0.0900. The summed E-state index contributed by atoms with van der Waals surface area (Å²) in [7, 11) is -1.04. The lowest BCUT2D eigenvalue weighted by atomic mass is 9.84. The third kappa shape index (κ3) is 4.95. The molecule has 2 unspecified atom stereocenters. The molecule has 1 aromatic carbocycles. The molecule has 1 aliphatic rings. The van der Waals surface area contributed by atoms with Crippen LogP contribution in [0.25, 0.3) is 0 Å². The number of rotatable bonds is 6. The van der Waals surface area contributed by atoms with Gasteiger partial charge < -0.3 is 5.32 Å². The van der Waals surface area contributed by atoms with Crippen molar-refractivity contribution in [2.45, 2.75) is 50.0 Å². The van der Waals surface area contributed by atoms with Crippen molar-refractivity contribution in [3.8, 4) is 0 Å². The maximum absolute atomic E-state index is 12.6. The van der Waals surface area contributed by atoms with Gasteiger partial charge in [-0.05, 0) is 43.5 Å². The molecule has 1 saturated carbocycles. The van der Waals surface area contributed by atoms with Crippen molar-refractivity contribution in [3.05, 3.63) is 28.2 Å². The molecule has 2 atom stereocenters. The summed E-state index contributed by atoms with van der Waals surface area (Å²) in [6.07, 6.45) is 6.43. The van der Waals surface area contributed by atoms with E-state index in [1.54, 1.807) is 12.1 Å². The van der Waals surface area contributed by atoms with Crippen LogP contribution < -0.4 is 5.32 Å². The van der Waals surface area contributed by atoms with Crippen LogP contribution >= 0.6 is 23.2 Å². The lowest BCUT2D eigenvalue weighted by molar-refractivity contribution is 0.287. The quantitative estimate of drug-likeness (QED) is 0.810. The molecule has 1 aliphatic carbocycles. The van der Waals surface area contributed by atoms with Crippen molar-refractivity contribution in [3.63, 3.8) is 0 Å². The van der Waals surface area contributed by atoms with Crippen LogP contribution in [-0.4, -0.2) is 22.5 Å². The highest BCUT2D eigenvalue weighted by Crippen LogP contribution is 2.28. The summed E-state index contributed by atoms with van der Waals surface area (Å²) < 4.78 is 12.6. The van der Waals surface area contributed by atoms with Crippen molar-refractivity contribution in [2.75, 3.05) is 12.3 Å². The fourth-order valence-corrected chi connectivity index (χ4v) is 4.78. The van der Waals surface area contributed by atoms with Gasteiger partial charge in [0.05, 0.1) is 20.8 Å². The molecule has 21 heavy (non-hydrogen) atoms. The Bertz CT molecular complexity index is 489. The number of nitrogens with one attached hydrogen (secondary N) is 1. The lowest BCUT2D eigenvalue weighted by Gasteiger charge is -2.30. The van der Waals surface area contributed by atoms with Gasteiger partial charge in [-0.3, -0.25) is 4.21 Å². The van der Waals surface area contributed by atoms with E-state index in [2.05, 4.69) is 12.2 Å². The summed E-state index contributed by atoms with van der Waals surface area (Å²) in [5, 5.41) is 4.51. The first-order valence-electron chi connectivity index (χ1n) is 7.68. The predicted molar refractivity (Wildman–Crippen MR) is 91.8 cm³/mol. The molecule has 118 valence electrons. The summed E-state index contributed by atoms with van der Waals surface area (Å²) in [6, 6.07) is 5.59. The summed E-state index contributed by atoms with van der Waals surface area (Å²) in [5.41, 5.74) is 0. The van der Waals surface area contributed by atoms with E-state index in [4.69, 9.17) is 23.2 Å².